The zero-order valence-electron chi connectivity index (χ0n) is 13.3. The van der Waals surface area contributed by atoms with Crippen molar-refractivity contribution < 1.29 is 4.79 Å². The summed E-state index contributed by atoms with van der Waals surface area (Å²) in [6, 6.07) is 8.67. The summed E-state index contributed by atoms with van der Waals surface area (Å²) >= 11 is 5.82. The first kappa shape index (κ1) is 16.8. The molecule has 2 atom stereocenters. The van der Waals surface area contributed by atoms with Crippen LogP contribution in [0.4, 0.5) is 0 Å². The van der Waals surface area contributed by atoms with E-state index in [1.165, 1.54) is 16.7 Å². The second kappa shape index (κ2) is 7.65. The molecule has 1 saturated carbocycles. The highest BCUT2D eigenvalue weighted by molar-refractivity contribution is 6.27. The highest BCUT2D eigenvalue weighted by atomic mass is 35.5. The molecule has 1 aromatic carbocycles. The van der Waals surface area contributed by atoms with Gasteiger partial charge in [0.1, 0.15) is 5.88 Å². The summed E-state index contributed by atoms with van der Waals surface area (Å²) in [7, 11) is 0. The Balaban J connectivity index is 2.16. The number of carbonyl (C=O) groups excluding carboxylic acids is 1. The van der Waals surface area contributed by atoms with Gasteiger partial charge < -0.3 is 4.90 Å². The Morgan fingerprint density at radius 2 is 2.18 bits per heavy atom. The number of benzene rings is 1. The number of rotatable bonds is 5. The van der Waals surface area contributed by atoms with Gasteiger partial charge in [0.25, 0.3) is 0 Å². The van der Waals surface area contributed by atoms with E-state index in [1.807, 2.05) is 11.0 Å². The monoisotopic (exact) mass is 318 g/mol. The minimum atomic E-state index is -0.00909. The van der Waals surface area contributed by atoms with Crippen molar-refractivity contribution in [2.24, 2.45) is 5.92 Å². The van der Waals surface area contributed by atoms with E-state index in [4.69, 9.17) is 16.9 Å². The van der Waals surface area contributed by atoms with E-state index in [0.29, 0.717) is 18.9 Å². The van der Waals surface area contributed by atoms with Crippen molar-refractivity contribution in [1.82, 2.24) is 4.90 Å². The molecule has 1 amide bonds. The van der Waals surface area contributed by atoms with E-state index in [-0.39, 0.29) is 17.8 Å². The zero-order valence-corrected chi connectivity index (χ0v) is 14.1. The predicted octanol–water partition coefficient (Wildman–Crippen LogP) is 3.95. The number of aryl methyl sites for hydroxylation is 1. The Bertz CT molecular complexity index is 579. The van der Waals surface area contributed by atoms with Crippen molar-refractivity contribution in [2.45, 2.75) is 52.1 Å². The largest absolute Gasteiger partial charge is 0.334 e. The van der Waals surface area contributed by atoms with Crippen LogP contribution in [-0.2, 0) is 11.3 Å². The van der Waals surface area contributed by atoms with Gasteiger partial charge in [0.05, 0.1) is 6.07 Å². The molecule has 0 spiro atoms. The van der Waals surface area contributed by atoms with Crippen molar-refractivity contribution in [2.75, 3.05) is 5.88 Å². The molecule has 0 radical (unpaired) electrons. The van der Waals surface area contributed by atoms with Crippen molar-refractivity contribution in [1.29, 1.82) is 5.26 Å². The first-order valence-electron chi connectivity index (χ1n) is 7.84. The number of halogens is 1. The Morgan fingerprint density at radius 3 is 2.86 bits per heavy atom. The Morgan fingerprint density at radius 1 is 1.41 bits per heavy atom. The van der Waals surface area contributed by atoms with Gasteiger partial charge in [-0.05, 0) is 55.7 Å². The van der Waals surface area contributed by atoms with Gasteiger partial charge in [-0.1, -0.05) is 18.2 Å². The third kappa shape index (κ3) is 3.81. The van der Waals surface area contributed by atoms with Crippen molar-refractivity contribution in [3.8, 4) is 6.07 Å². The average Bonchev–Trinajstić information content (AvgIpc) is 2.96. The molecule has 0 bridgehead atoms. The van der Waals surface area contributed by atoms with E-state index >= 15 is 0 Å². The highest BCUT2D eigenvalue weighted by Crippen LogP contribution is 2.32. The van der Waals surface area contributed by atoms with E-state index in [9.17, 15) is 4.79 Å². The third-order valence-electron chi connectivity index (χ3n) is 4.83. The van der Waals surface area contributed by atoms with Gasteiger partial charge >= 0.3 is 0 Å². The van der Waals surface area contributed by atoms with Crippen LogP contribution in [0.2, 0.25) is 0 Å². The van der Waals surface area contributed by atoms with Crippen LogP contribution >= 0.6 is 11.6 Å². The van der Waals surface area contributed by atoms with E-state index in [2.05, 4.69) is 32.0 Å². The standard InChI is InChI=1S/C18H23ClN2O/c1-13-4-3-5-16(14(13)2)12-21(18(22)11-19)17-7-6-15(10-17)8-9-20/h3-5,15,17H,6-8,10-12H2,1-2H3/t15-,17-/m1/s1. The summed E-state index contributed by atoms with van der Waals surface area (Å²) in [5, 5.41) is 8.86. The van der Waals surface area contributed by atoms with Crippen LogP contribution < -0.4 is 0 Å². The molecule has 0 unspecified atom stereocenters. The van der Waals surface area contributed by atoms with Crippen LogP contribution in [0.3, 0.4) is 0 Å². The predicted molar refractivity (Wildman–Crippen MR) is 88.5 cm³/mol. The fourth-order valence-corrected chi connectivity index (χ4v) is 3.46. The second-order valence-electron chi connectivity index (χ2n) is 6.21. The van der Waals surface area contributed by atoms with Crippen molar-refractivity contribution >= 4 is 17.5 Å². The van der Waals surface area contributed by atoms with Crippen LogP contribution in [0.1, 0.15) is 42.4 Å². The lowest BCUT2D eigenvalue weighted by Gasteiger charge is -2.29. The van der Waals surface area contributed by atoms with Gasteiger partial charge in [0, 0.05) is 19.0 Å². The molecular weight excluding hydrogens is 296 g/mol. The van der Waals surface area contributed by atoms with Crippen LogP contribution in [-0.4, -0.2) is 22.7 Å². The van der Waals surface area contributed by atoms with Crippen LogP contribution in [0.5, 0.6) is 0 Å². The maximum Gasteiger partial charge on any atom is 0.238 e. The number of nitriles is 1. The molecule has 0 N–H and O–H groups in total. The lowest BCUT2D eigenvalue weighted by Crippen LogP contribution is -2.39. The number of hydrogen-bond acceptors (Lipinski definition) is 2. The summed E-state index contributed by atoms with van der Waals surface area (Å²) in [5.74, 6) is 0.425. The molecule has 0 heterocycles. The lowest BCUT2D eigenvalue weighted by atomic mass is 10.0. The number of nitrogens with zero attached hydrogens (tertiary/aromatic N) is 2. The second-order valence-corrected chi connectivity index (χ2v) is 6.48. The quantitative estimate of drug-likeness (QED) is 0.771. The van der Waals surface area contributed by atoms with Crippen molar-refractivity contribution in [3.05, 3.63) is 34.9 Å². The van der Waals surface area contributed by atoms with Gasteiger partial charge in [-0.15, -0.1) is 11.6 Å². The average molecular weight is 319 g/mol. The van der Waals surface area contributed by atoms with Gasteiger partial charge in [-0.2, -0.15) is 5.26 Å². The van der Waals surface area contributed by atoms with Crippen LogP contribution in [0, 0.1) is 31.1 Å². The molecule has 1 aromatic rings. The maximum absolute atomic E-state index is 12.3. The molecule has 0 saturated heterocycles. The number of amides is 1. The van der Waals surface area contributed by atoms with E-state index in [0.717, 1.165) is 19.3 Å². The Labute approximate surface area is 137 Å². The van der Waals surface area contributed by atoms with Gasteiger partial charge in [-0.25, -0.2) is 0 Å². The molecule has 1 aliphatic carbocycles. The summed E-state index contributed by atoms with van der Waals surface area (Å²) in [4.78, 5) is 14.2. The topological polar surface area (TPSA) is 44.1 Å². The summed E-state index contributed by atoms with van der Waals surface area (Å²) in [6.45, 7) is 4.80. The molecule has 4 heteroatoms. The van der Waals surface area contributed by atoms with Gasteiger partial charge in [0.15, 0.2) is 0 Å². The molecule has 0 aliphatic heterocycles. The summed E-state index contributed by atoms with van der Waals surface area (Å²) in [5.41, 5.74) is 3.66. The molecule has 118 valence electrons. The third-order valence-corrected chi connectivity index (χ3v) is 5.06. The first-order chi connectivity index (χ1) is 10.6. The number of carbonyl (C=O) groups is 1. The van der Waals surface area contributed by atoms with Gasteiger partial charge in [0.2, 0.25) is 5.91 Å². The van der Waals surface area contributed by atoms with Crippen LogP contribution in [0.25, 0.3) is 0 Å². The first-order valence-corrected chi connectivity index (χ1v) is 8.37. The lowest BCUT2D eigenvalue weighted by molar-refractivity contribution is -0.131. The van der Waals surface area contributed by atoms with Crippen LogP contribution in [0.15, 0.2) is 18.2 Å². The number of hydrogen-bond donors (Lipinski definition) is 0. The van der Waals surface area contributed by atoms with E-state index in [1.54, 1.807) is 0 Å². The molecule has 1 aliphatic rings. The maximum atomic E-state index is 12.3. The summed E-state index contributed by atoms with van der Waals surface area (Å²) < 4.78 is 0. The molecule has 22 heavy (non-hydrogen) atoms. The highest BCUT2D eigenvalue weighted by Gasteiger charge is 2.31. The van der Waals surface area contributed by atoms with Crippen molar-refractivity contribution in [3.63, 3.8) is 0 Å². The fourth-order valence-electron chi connectivity index (χ4n) is 3.31. The normalized spacial score (nSPS) is 20.6. The summed E-state index contributed by atoms with van der Waals surface area (Å²) in [6.07, 6.45) is 3.50. The Hall–Kier alpha value is -1.53. The molecule has 3 nitrogen and oxygen atoms in total. The minimum Gasteiger partial charge on any atom is -0.334 e. The zero-order chi connectivity index (χ0) is 16.1. The smallest absolute Gasteiger partial charge is 0.238 e. The molecule has 0 aromatic heterocycles. The van der Waals surface area contributed by atoms with Gasteiger partial charge in [-0.3, -0.25) is 4.79 Å². The SMILES string of the molecule is Cc1cccc(CN(C(=O)CCl)[C@@H]2CC[C@H](CC#N)C2)c1C. The Kier molecular flexibility index (Phi) is 5.85. The van der Waals surface area contributed by atoms with E-state index < -0.39 is 0 Å². The number of alkyl halides is 1. The molecule has 1 fully saturated rings. The molecular formula is C18H23ClN2O. The minimum absolute atomic E-state index is 0.00909. The molecule has 2 rings (SSSR count). The fraction of sp³-hybridized carbons (Fsp3) is 0.556.